The van der Waals surface area contributed by atoms with Crippen LogP contribution < -0.4 is 0 Å². The highest BCUT2D eigenvalue weighted by molar-refractivity contribution is 5.70. The zero-order valence-electron chi connectivity index (χ0n) is 12.0. The van der Waals surface area contributed by atoms with Gasteiger partial charge in [0.05, 0.1) is 25.2 Å². The molecule has 1 aromatic rings. The SMILES string of the molecule is CCOC(=O)C[C@@H]1C=CC[C@H](CCc2ccccc2)O1. The van der Waals surface area contributed by atoms with Crippen molar-refractivity contribution in [2.24, 2.45) is 0 Å². The van der Waals surface area contributed by atoms with Crippen molar-refractivity contribution in [2.75, 3.05) is 6.61 Å². The van der Waals surface area contributed by atoms with E-state index in [1.165, 1.54) is 5.56 Å². The van der Waals surface area contributed by atoms with Crippen LogP contribution in [-0.4, -0.2) is 24.8 Å². The van der Waals surface area contributed by atoms with Gasteiger partial charge in [-0.05, 0) is 31.7 Å². The number of rotatable bonds is 6. The minimum atomic E-state index is -0.189. The highest BCUT2D eigenvalue weighted by Crippen LogP contribution is 2.19. The molecule has 0 unspecified atom stereocenters. The summed E-state index contributed by atoms with van der Waals surface area (Å²) in [5.74, 6) is -0.189. The van der Waals surface area contributed by atoms with E-state index >= 15 is 0 Å². The van der Waals surface area contributed by atoms with Gasteiger partial charge in [0.1, 0.15) is 0 Å². The normalized spacial score (nSPS) is 21.6. The first-order valence-electron chi connectivity index (χ1n) is 7.29. The quantitative estimate of drug-likeness (QED) is 0.590. The Morgan fingerprint density at radius 1 is 1.35 bits per heavy atom. The van der Waals surface area contributed by atoms with Gasteiger partial charge in [-0.15, -0.1) is 0 Å². The maximum atomic E-state index is 11.5. The molecule has 2 rings (SSSR count). The van der Waals surface area contributed by atoms with E-state index in [1.54, 1.807) is 0 Å². The smallest absolute Gasteiger partial charge is 0.308 e. The Kier molecular flexibility index (Phi) is 5.81. The summed E-state index contributed by atoms with van der Waals surface area (Å²) in [6.45, 7) is 2.24. The van der Waals surface area contributed by atoms with Crippen LogP contribution in [0.4, 0.5) is 0 Å². The van der Waals surface area contributed by atoms with E-state index in [4.69, 9.17) is 9.47 Å². The summed E-state index contributed by atoms with van der Waals surface area (Å²) in [6.07, 6.45) is 7.36. The largest absolute Gasteiger partial charge is 0.466 e. The summed E-state index contributed by atoms with van der Waals surface area (Å²) < 4.78 is 10.9. The van der Waals surface area contributed by atoms with Gasteiger partial charge in [-0.2, -0.15) is 0 Å². The standard InChI is InChI=1S/C17H22O3/c1-2-19-17(18)13-16-10-6-9-15(20-16)12-11-14-7-4-3-5-8-14/h3-8,10,15-16H,2,9,11-13H2,1H3/t15-,16+/m1/s1. The van der Waals surface area contributed by atoms with Gasteiger partial charge in [0.25, 0.3) is 0 Å². The maximum absolute atomic E-state index is 11.5. The van der Waals surface area contributed by atoms with Gasteiger partial charge in [0.2, 0.25) is 0 Å². The van der Waals surface area contributed by atoms with Crippen LogP contribution in [0.15, 0.2) is 42.5 Å². The number of carbonyl (C=O) groups excluding carboxylic acids is 1. The van der Waals surface area contributed by atoms with Gasteiger partial charge in [-0.25, -0.2) is 0 Å². The first-order valence-corrected chi connectivity index (χ1v) is 7.29. The average molecular weight is 274 g/mol. The lowest BCUT2D eigenvalue weighted by atomic mass is 10.0. The molecule has 0 bridgehead atoms. The fraction of sp³-hybridized carbons (Fsp3) is 0.471. The number of hydrogen-bond acceptors (Lipinski definition) is 3. The zero-order valence-corrected chi connectivity index (χ0v) is 12.0. The first kappa shape index (κ1) is 14.8. The van der Waals surface area contributed by atoms with E-state index < -0.39 is 0 Å². The van der Waals surface area contributed by atoms with E-state index in [9.17, 15) is 4.79 Å². The van der Waals surface area contributed by atoms with Gasteiger partial charge in [-0.1, -0.05) is 42.5 Å². The number of carbonyl (C=O) groups is 1. The van der Waals surface area contributed by atoms with Crippen LogP contribution in [0.1, 0.15) is 31.7 Å². The molecular formula is C17H22O3. The molecular weight excluding hydrogens is 252 g/mol. The topological polar surface area (TPSA) is 35.5 Å². The third kappa shape index (κ3) is 4.82. The Bertz CT molecular complexity index is 439. The van der Waals surface area contributed by atoms with Crippen LogP contribution in [-0.2, 0) is 20.7 Å². The number of benzene rings is 1. The lowest BCUT2D eigenvalue weighted by Gasteiger charge is -2.25. The van der Waals surface area contributed by atoms with E-state index in [2.05, 4.69) is 30.3 Å². The molecule has 0 fully saturated rings. The van der Waals surface area contributed by atoms with Crippen molar-refractivity contribution in [3.05, 3.63) is 48.0 Å². The van der Waals surface area contributed by atoms with Crippen molar-refractivity contribution in [2.45, 2.75) is 44.8 Å². The van der Waals surface area contributed by atoms with Gasteiger partial charge in [0, 0.05) is 0 Å². The molecule has 1 aliphatic heterocycles. The van der Waals surface area contributed by atoms with Crippen LogP contribution in [0, 0.1) is 0 Å². The van der Waals surface area contributed by atoms with Crippen molar-refractivity contribution >= 4 is 5.97 Å². The minimum Gasteiger partial charge on any atom is -0.466 e. The van der Waals surface area contributed by atoms with Gasteiger partial charge in [-0.3, -0.25) is 4.79 Å². The van der Waals surface area contributed by atoms with E-state index in [1.807, 2.05) is 19.1 Å². The molecule has 0 spiro atoms. The van der Waals surface area contributed by atoms with Crippen LogP contribution in [0.25, 0.3) is 0 Å². The van der Waals surface area contributed by atoms with E-state index in [0.29, 0.717) is 13.0 Å². The van der Waals surface area contributed by atoms with Crippen LogP contribution in [0.2, 0.25) is 0 Å². The van der Waals surface area contributed by atoms with Crippen molar-refractivity contribution in [1.29, 1.82) is 0 Å². The monoisotopic (exact) mass is 274 g/mol. The predicted octanol–water partition coefficient (Wildman–Crippen LogP) is 3.29. The third-order valence-corrected chi connectivity index (χ3v) is 3.39. The van der Waals surface area contributed by atoms with Gasteiger partial charge in [0.15, 0.2) is 0 Å². The molecule has 0 N–H and O–H groups in total. The highest BCUT2D eigenvalue weighted by atomic mass is 16.5. The Morgan fingerprint density at radius 3 is 2.90 bits per heavy atom. The Morgan fingerprint density at radius 2 is 2.15 bits per heavy atom. The van der Waals surface area contributed by atoms with E-state index in [0.717, 1.165) is 19.3 Å². The molecule has 0 radical (unpaired) electrons. The molecule has 1 aromatic carbocycles. The summed E-state index contributed by atoms with van der Waals surface area (Å²) >= 11 is 0. The second-order valence-corrected chi connectivity index (χ2v) is 4.99. The van der Waals surface area contributed by atoms with Crippen LogP contribution in [0.3, 0.4) is 0 Å². The number of hydrogen-bond donors (Lipinski definition) is 0. The van der Waals surface area contributed by atoms with E-state index in [-0.39, 0.29) is 18.2 Å². The lowest BCUT2D eigenvalue weighted by molar-refractivity contribution is -0.146. The summed E-state index contributed by atoms with van der Waals surface area (Å²) in [5, 5.41) is 0. The fourth-order valence-corrected chi connectivity index (χ4v) is 2.39. The summed E-state index contributed by atoms with van der Waals surface area (Å²) in [5.41, 5.74) is 1.33. The predicted molar refractivity (Wildman–Crippen MR) is 78.4 cm³/mol. The van der Waals surface area contributed by atoms with Gasteiger partial charge < -0.3 is 9.47 Å². The molecule has 3 nitrogen and oxygen atoms in total. The lowest BCUT2D eigenvalue weighted by Crippen LogP contribution is -2.27. The Hall–Kier alpha value is -1.61. The molecule has 0 aromatic heterocycles. The number of esters is 1. The first-order chi connectivity index (χ1) is 9.78. The Labute approximate surface area is 120 Å². The molecule has 0 aliphatic carbocycles. The highest BCUT2D eigenvalue weighted by Gasteiger charge is 2.20. The maximum Gasteiger partial charge on any atom is 0.308 e. The second kappa shape index (κ2) is 7.85. The van der Waals surface area contributed by atoms with Gasteiger partial charge >= 0.3 is 5.97 Å². The van der Waals surface area contributed by atoms with Crippen LogP contribution in [0.5, 0.6) is 0 Å². The summed E-state index contributed by atoms with van der Waals surface area (Å²) in [6, 6.07) is 10.4. The third-order valence-electron chi connectivity index (χ3n) is 3.39. The second-order valence-electron chi connectivity index (χ2n) is 4.99. The zero-order chi connectivity index (χ0) is 14.2. The Balaban J connectivity index is 1.77. The molecule has 1 aliphatic rings. The summed E-state index contributed by atoms with van der Waals surface area (Å²) in [7, 11) is 0. The molecule has 2 atom stereocenters. The number of aryl methyl sites for hydroxylation is 1. The fourth-order valence-electron chi connectivity index (χ4n) is 2.39. The molecule has 20 heavy (non-hydrogen) atoms. The molecule has 0 saturated carbocycles. The van der Waals surface area contributed by atoms with Crippen molar-refractivity contribution < 1.29 is 14.3 Å². The molecule has 0 amide bonds. The molecule has 1 heterocycles. The van der Waals surface area contributed by atoms with Crippen molar-refractivity contribution in [1.82, 2.24) is 0 Å². The molecule has 3 heteroatoms. The molecule has 108 valence electrons. The summed E-state index contributed by atoms with van der Waals surface area (Å²) in [4.78, 5) is 11.5. The molecule has 0 saturated heterocycles. The minimum absolute atomic E-state index is 0.136. The average Bonchev–Trinajstić information content (AvgIpc) is 2.47. The van der Waals surface area contributed by atoms with Crippen molar-refractivity contribution in [3.8, 4) is 0 Å². The van der Waals surface area contributed by atoms with Crippen molar-refractivity contribution in [3.63, 3.8) is 0 Å². The van der Waals surface area contributed by atoms with Crippen LogP contribution >= 0.6 is 0 Å². The number of ether oxygens (including phenoxy) is 2.